The van der Waals surface area contributed by atoms with Gasteiger partial charge < -0.3 is 10.1 Å². The zero-order valence-electron chi connectivity index (χ0n) is 9.23. The van der Waals surface area contributed by atoms with Crippen molar-refractivity contribution in [3.8, 4) is 0 Å². The quantitative estimate of drug-likeness (QED) is 0.773. The van der Waals surface area contributed by atoms with E-state index in [-0.39, 0.29) is 18.3 Å². The monoisotopic (exact) mass is 221 g/mol. The van der Waals surface area contributed by atoms with Gasteiger partial charge in [-0.05, 0) is 18.6 Å². The van der Waals surface area contributed by atoms with E-state index in [1.165, 1.54) is 7.11 Å². The van der Waals surface area contributed by atoms with Gasteiger partial charge in [0.25, 0.3) is 0 Å². The van der Waals surface area contributed by atoms with Crippen LogP contribution >= 0.6 is 0 Å². The van der Waals surface area contributed by atoms with Gasteiger partial charge in [-0.3, -0.25) is 9.59 Å². The maximum atomic E-state index is 11.4. The second kappa shape index (κ2) is 6.61. The Kier molecular flexibility index (Phi) is 5.05. The molecule has 1 rings (SSSR count). The number of benzene rings is 1. The van der Waals surface area contributed by atoms with E-state index in [4.69, 9.17) is 0 Å². The molecule has 0 aliphatic heterocycles. The van der Waals surface area contributed by atoms with Crippen LogP contribution in [0, 0.1) is 0 Å². The van der Waals surface area contributed by atoms with Crippen molar-refractivity contribution in [3.63, 3.8) is 0 Å². The van der Waals surface area contributed by atoms with E-state index in [0.717, 1.165) is 5.69 Å². The normalized spacial score (nSPS) is 9.56. The fraction of sp³-hybridized carbons (Fsp3) is 0.333. The zero-order chi connectivity index (χ0) is 11.8. The molecule has 0 heterocycles. The lowest BCUT2D eigenvalue weighted by atomic mass is 10.2. The summed E-state index contributed by atoms with van der Waals surface area (Å²) >= 11 is 0. The van der Waals surface area contributed by atoms with Crippen molar-refractivity contribution < 1.29 is 14.3 Å². The minimum atomic E-state index is -0.285. The number of para-hydroxylation sites is 1. The summed E-state index contributed by atoms with van der Waals surface area (Å²) < 4.78 is 4.48. The summed E-state index contributed by atoms with van der Waals surface area (Å²) in [6.07, 6.45) is 1.11. The third-order valence-electron chi connectivity index (χ3n) is 2.07. The minimum Gasteiger partial charge on any atom is -0.469 e. The molecular weight excluding hydrogens is 206 g/mol. The number of esters is 1. The standard InChI is InChI=1S/C12H15NO3/c1-16-12(15)9-5-8-11(14)13-10-6-3-2-4-7-10/h2-4,6-7H,5,8-9H2,1H3,(H,13,14). The second-order valence-corrected chi connectivity index (χ2v) is 3.34. The largest absolute Gasteiger partial charge is 0.469 e. The van der Waals surface area contributed by atoms with E-state index in [0.29, 0.717) is 12.8 Å². The summed E-state index contributed by atoms with van der Waals surface area (Å²) in [5.74, 6) is -0.373. The van der Waals surface area contributed by atoms with Gasteiger partial charge >= 0.3 is 5.97 Å². The number of hydrogen-bond donors (Lipinski definition) is 1. The third kappa shape index (κ3) is 4.59. The number of carbonyl (C=O) groups is 2. The molecule has 1 aromatic carbocycles. The molecule has 0 aliphatic rings. The molecule has 0 aliphatic carbocycles. The highest BCUT2D eigenvalue weighted by atomic mass is 16.5. The van der Waals surface area contributed by atoms with Crippen LogP contribution in [-0.2, 0) is 14.3 Å². The van der Waals surface area contributed by atoms with Crippen molar-refractivity contribution >= 4 is 17.6 Å². The summed E-state index contributed by atoms with van der Waals surface area (Å²) in [6, 6.07) is 9.22. The summed E-state index contributed by atoms with van der Waals surface area (Å²) in [4.78, 5) is 22.2. The smallest absolute Gasteiger partial charge is 0.305 e. The van der Waals surface area contributed by atoms with Crippen molar-refractivity contribution in [2.24, 2.45) is 0 Å². The second-order valence-electron chi connectivity index (χ2n) is 3.34. The van der Waals surface area contributed by atoms with Crippen LogP contribution in [0.15, 0.2) is 30.3 Å². The molecule has 0 fully saturated rings. The molecule has 86 valence electrons. The Labute approximate surface area is 94.6 Å². The fourth-order valence-corrected chi connectivity index (χ4v) is 1.24. The molecule has 0 unspecified atom stereocenters. The van der Waals surface area contributed by atoms with Crippen LogP contribution in [0.2, 0.25) is 0 Å². The van der Waals surface area contributed by atoms with Crippen LogP contribution in [0.3, 0.4) is 0 Å². The van der Waals surface area contributed by atoms with Gasteiger partial charge in [-0.15, -0.1) is 0 Å². The summed E-state index contributed by atoms with van der Waals surface area (Å²) in [5, 5.41) is 2.74. The number of hydrogen-bond acceptors (Lipinski definition) is 3. The summed E-state index contributed by atoms with van der Waals surface area (Å²) in [7, 11) is 1.34. The predicted molar refractivity (Wildman–Crippen MR) is 60.9 cm³/mol. The number of ether oxygens (including phenoxy) is 1. The molecule has 1 amide bonds. The van der Waals surface area contributed by atoms with Gasteiger partial charge in [-0.25, -0.2) is 0 Å². The Morgan fingerprint density at radius 3 is 2.50 bits per heavy atom. The first-order valence-electron chi connectivity index (χ1n) is 5.14. The molecule has 1 aromatic rings. The number of amides is 1. The highest BCUT2D eigenvalue weighted by molar-refractivity contribution is 5.90. The van der Waals surface area contributed by atoms with E-state index in [9.17, 15) is 9.59 Å². The molecule has 16 heavy (non-hydrogen) atoms. The van der Waals surface area contributed by atoms with Crippen molar-refractivity contribution in [2.45, 2.75) is 19.3 Å². The highest BCUT2D eigenvalue weighted by Crippen LogP contribution is 2.06. The first kappa shape index (κ1) is 12.2. The Morgan fingerprint density at radius 1 is 1.19 bits per heavy atom. The molecule has 1 N–H and O–H groups in total. The molecule has 0 radical (unpaired) electrons. The first-order chi connectivity index (χ1) is 7.72. The maximum absolute atomic E-state index is 11.4. The molecule has 0 bridgehead atoms. The molecule has 0 atom stereocenters. The van der Waals surface area contributed by atoms with Gasteiger partial charge in [0.05, 0.1) is 7.11 Å². The van der Waals surface area contributed by atoms with Crippen LogP contribution in [0.25, 0.3) is 0 Å². The number of nitrogens with one attached hydrogen (secondary N) is 1. The molecule has 0 aromatic heterocycles. The SMILES string of the molecule is COC(=O)CCCC(=O)Nc1ccccc1. The lowest BCUT2D eigenvalue weighted by Gasteiger charge is -2.04. The molecule has 0 saturated carbocycles. The van der Waals surface area contributed by atoms with Gasteiger partial charge in [-0.1, -0.05) is 18.2 Å². The predicted octanol–water partition coefficient (Wildman–Crippen LogP) is 1.97. The van der Waals surface area contributed by atoms with E-state index < -0.39 is 0 Å². The zero-order valence-corrected chi connectivity index (χ0v) is 9.23. The number of rotatable bonds is 5. The minimum absolute atomic E-state index is 0.0879. The molecule has 4 nitrogen and oxygen atoms in total. The summed E-state index contributed by atoms with van der Waals surface area (Å²) in [6.45, 7) is 0. The van der Waals surface area contributed by atoms with Crippen molar-refractivity contribution in [3.05, 3.63) is 30.3 Å². The number of carbonyl (C=O) groups excluding carboxylic acids is 2. The Hall–Kier alpha value is -1.84. The first-order valence-corrected chi connectivity index (χ1v) is 5.14. The van der Waals surface area contributed by atoms with Crippen molar-refractivity contribution in [2.75, 3.05) is 12.4 Å². The van der Waals surface area contributed by atoms with Crippen LogP contribution in [-0.4, -0.2) is 19.0 Å². The molecular formula is C12H15NO3. The Bertz CT molecular complexity index is 349. The van der Waals surface area contributed by atoms with Crippen LogP contribution in [0.1, 0.15) is 19.3 Å². The lowest BCUT2D eigenvalue weighted by Crippen LogP contribution is -2.12. The van der Waals surface area contributed by atoms with E-state index in [1.807, 2.05) is 30.3 Å². The van der Waals surface area contributed by atoms with E-state index in [1.54, 1.807) is 0 Å². The van der Waals surface area contributed by atoms with Gasteiger partial charge in [0.15, 0.2) is 0 Å². The number of anilines is 1. The maximum Gasteiger partial charge on any atom is 0.305 e. The molecule has 0 spiro atoms. The highest BCUT2D eigenvalue weighted by Gasteiger charge is 2.04. The topological polar surface area (TPSA) is 55.4 Å². The van der Waals surface area contributed by atoms with Crippen molar-refractivity contribution in [1.82, 2.24) is 0 Å². The average molecular weight is 221 g/mol. The third-order valence-corrected chi connectivity index (χ3v) is 2.07. The fourth-order valence-electron chi connectivity index (χ4n) is 1.24. The van der Waals surface area contributed by atoms with Crippen LogP contribution < -0.4 is 5.32 Å². The Balaban J connectivity index is 2.24. The van der Waals surface area contributed by atoms with Crippen molar-refractivity contribution in [1.29, 1.82) is 0 Å². The van der Waals surface area contributed by atoms with Gasteiger partial charge in [0.1, 0.15) is 0 Å². The lowest BCUT2D eigenvalue weighted by molar-refractivity contribution is -0.140. The van der Waals surface area contributed by atoms with Crippen LogP contribution in [0.5, 0.6) is 0 Å². The molecule has 0 saturated heterocycles. The summed E-state index contributed by atoms with van der Waals surface area (Å²) in [5.41, 5.74) is 0.769. The van der Waals surface area contributed by atoms with E-state index in [2.05, 4.69) is 10.1 Å². The van der Waals surface area contributed by atoms with E-state index >= 15 is 0 Å². The molecule has 4 heteroatoms. The van der Waals surface area contributed by atoms with Crippen LogP contribution in [0.4, 0.5) is 5.69 Å². The van der Waals surface area contributed by atoms with Gasteiger partial charge in [-0.2, -0.15) is 0 Å². The average Bonchev–Trinajstić information content (AvgIpc) is 2.30. The van der Waals surface area contributed by atoms with Gasteiger partial charge in [0, 0.05) is 18.5 Å². The Morgan fingerprint density at radius 2 is 1.88 bits per heavy atom. The van der Waals surface area contributed by atoms with Gasteiger partial charge in [0.2, 0.25) is 5.91 Å². The number of methoxy groups -OCH3 is 1.